The molecule has 2 heterocycles. The van der Waals surface area contributed by atoms with Crippen LogP contribution in [0.1, 0.15) is 24.8 Å². The fraction of sp³-hybridized carbons (Fsp3) is 0.385. The number of hydrogen-bond donors (Lipinski definition) is 1. The zero-order valence-electron chi connectivity index (χ0n) is 10.7. The Morgan fingerprint density at radius 3 is 2.90 bits per heavy atom. The summed E-state index contributed by atoms with van der Waals surface area (Å²) >= 11 is 0. The molecule has 7 heteroatoms. The van der Waals surface area contributed by atoms with E-state index in [2.05, 4.69) is 4.40 Å². The molecule has 1 aromatic rings. The quantitative estimate of drug-likeness (QED) is 0.881. The maximum Gasteiger partial charge on any atom is 0.305 e. The number of carboxylic acids is 1. The van der Waals surface area contributed by atoms with Crippen LogP contribution < -0.4 is 0 Å². The van der Waals surface area contributed by atoms with E-state index in [1.54, 1.807) is 18.2 Å². The molecule has 1 N–H and O–H groups in total. The molecule has 106 valence electrons. The van der Waals surface area contributed by atoms with Gasteiger partial charge in [-0.15, -0.1) is 4.40 Å². The van der Waals surface area contributed by atoms with Crippen LogP contribution in [0, 0.1) is 0 Å². The van der Waals surface area contributed by atoms with Crippen molar-refractivity contribution in [2.24, 2.45) is 4.40 Å². The van der Waals surface area contributed by atoms with E-state index in [0.717, 1.165) is 12.8 Å². The molecule has 1 saturated heterocycles. The highest BCUT2D eigenvalue weighted by atomic mass is 32.2. The van der Waals surface area contributed by atoms with Gasteiger partial charge in [-0.3, -0.25) is 4.79 Å². The topological polar surface area (TPSA) is 87.0 Å². The molecule has 3 rings (SSSR count). The predicted octanol–water partition coefficient (Wildman–Crippen LogP) is 1.07. The summed E-state index contributed by atoms with van der Waals surface area (Å²) in [6.07, 6.45) is 1.59. The van der Waals surface area contributed by atoms with E-state index in [0.29, 0.717) is 17.9 Å². The highest BCUT2D eigenvalue weighted by molar-refractivity contribution is 7.90. The van der Waals surface area contributed by atoms with Crippen molar-refractivity contribution in [3.8, 4) is 0 Å². The van der Waals surface area contributed by atoms with Crippen LogP contribution in [-0.2, 0) is 14.8 Å². The summed E-state index contributed by atoms with van der Waals surface area (Å²) in [4.78, 5) is 12.9. The fourth-order valence-electron chi connectivity index (χ4n) is 2.82. The summed E-state index contributed by atoms with van der Waals surface area (Å²) in [6.45, 7) is 0.640. The van der Waals surface area contributed by atoms with Crippen LogP contribution >= 0.6 is 0 Å². The Balaban J connectivity index is 2.01. The van der Waals surface area contributed by atoms with Gasteiger partial charge in [0.2, 0.25) is 0 Å². The first-order valence-electron chi connectivity index (χ1n) is 6.42. The van der Waals surface area contributed by atoms with Gasteiger partial charge < -0.3 is 10.0 Å². The standard InChI is InChI=1S/C13H14N2O4S/c16-12(17)8-9-4-3-7-15(9)13-10-5-1-2-6-11(10)20(18,19)14-13/h1-2,5-6,9H,3-4,7-8H2,(H,16,17). The molecule has 0 spiro atoms. The summed E-state index contributed by atoms with van der Waals surface area (Å²) in [5, 5.41) is 8.95. The second kappa shape index (κ2) is 4.59. The molecular weight excluding hydrogens is 280 g/mol. The van der Waals surface area contributed by atoms with Crippen LogP contribution in [0.2, 0.25) is 0 Å². The Morgan fingerprint density at radius 2 is 2.15 bits per heavy atom. The predicted molar refractivity (Wildman–Crippen MR) is 72.1 cm³/mol. The minimum atomic E-state index is -3.65. The van der Waals surface area contributed by atoms with Gasteiger partial charge in [-0.2, -0.15) is 8.42 Å². The lowest BCUT2D eigenvalue weighted by Gasteiger charge is -2.25. The summed E-state index contributed by atoms with van der Waals surface area (Å²) < 4.78 is 27.9. The lowest BCUT2D eigenvalue weighted by molar-refractivity contribution is -0.137. The Kier molecular flexibility index (Phi) is 3.01. The number of carboxylic acid groups (broad SMARTS) is 1. The average Bonchev–Trinajstić information content (AvgIpc) is 2.92. The van der Waals surface area contributed by atoms with Crippen LogP contribution in [0.4, 0.5) is 0 Å². The molecule has 1 atom stereocenters. The van der Waals surface area contributed by atoms with Crippen LogP contribution in [0.3, 0.4) is 0 Å². The molecule has 1 fully saturated rings. The second-order valence-electron chi connectivity index (χ2n) is 4.97. The number of fused-ring (bicyclic) bond motifs is 1. The number of carbonyl (C=O) groups is 1. The van der Waals surface area contributed by atoms with Crippen molar-refractivity contribution in [3.05, 3.63) is 29.8 Å². The zero-order valence-corrected chi connectivity index (χ0v) is 11.5. The fourth-order valence-corrected chi connectivity index (χ4v) is 4.04. The molecule has 20 heavy (non-hydrogen) atoms. The van der Waals surface area contributed by atoms with Crippen molar-refractivity contribution in [3.63, 3.8) is 0 Å². The van der Waals surface area contributed by atoms with E-state index in [9.17, 15) is 13.2 Å². The molecule has 1 aromatic carbocycles. The molecule has 2 aliphatic rings. The van der Waals surface area contributed by atoms with E-state index < -0.39 is 16.0 Å². The Bertz CT molecular complexity index is 696. The number of sulfonamides is 1. The monoisotopic (exact) mass is 294 g/mol. The van der Waals surface area contributed by atoms with Gasteiger partial charge in [0.1, 0.15) is 4.90 Å². The summed E-state index contributed by atoms with van der Waals surface area (Å²) in [6, 6.07) is 6.48. The Hall–Kier alpha value is -1.89. The highest BCUT2D eigenvalue weighted by Crippen LogP contribution is 2.31. The van der Waals surface area contributed by atoms with E-state index in [-0.39, 0.29) is 17.4 Å². The molecule has 0 saturated carbocycles. The number of hydrogen-bond acceptors (Lipinski definition) is 4. The third-order valence-corrected chi connectivity index (χ3v) is 5.00. The maximum atomic E-state index is 12.0. The van der Waals surface area contributed by atoms with E-state index in [1.165, 1.54) is 6.07 Å². The minimum Gasteiger partial charge on any atom is -0.481 e. The Morgan fingerprint density at radius 1 is 1.40 bits per heavy atom. The van der Waals surface area contributed by atoms with Crippen molar-refractivity contribution in [1.82, 2.24) is 4.90 Å². The van der Waals surface area contributed by atoms with Crippen molar-refractivity contribution in [2.75, 3.05) is 6.54 Å². The first kappa shape index (κ1) is 13.1. The number of nitrogens with zero attached hydrogens (tertiary/aromatic N) is 2. The van der Waals surface area contributed by atoms with Gasteiger partial charge in [-0.05, 0) is 25.0 Å². The minimum absolute atomic E-state index is 0.00122. The van der Waals surface area contributed by atoms with Gasteiger partial charge in [0, 0.05) is 18.2 Å². The van der Waals surface area contributed by atoms with Crippen molar-refractivity contribution < 1.29 is 18.3 Å². The molecule has 0 amide bonds. The summed E-state index contributed by atoms with van der Waals surface area (Å²) in [5.41, 5.74) is 0.574. The van der Waals surface area contributed by atoms with Gasteiger partial charge >= 0.3 is 5.97 Å². The first-order valence-corrected chi connectivity index (χ1v) is 7.86. The summed E-state index contributed by atoms with van der Waals surface area (Å²) in [7, 11) is -3.65. The Labute approximate surface area is 116 Å². The van der Waals surface area contributed by atoms with Crippen LogP contribution in [0.5, 0.6) is 0 Å². The van der Waals surface area contributed by atoms with Gasteiger partial charge in [-0.25, -0.2) is 0 Å². The van der Waals surface area contributed by atoms with Crippen molar-refractivity contribution in [2.45, 2.75) is 30.2 Å². The van der Waals surface area contributed by atoms with Gasteiger partial charge in [0.15, 0.2) is 5.84 Å². The number of amidine groups is 1. The summed E-state index contributed by atoms with van der Waals surface area (Å²) in [5.74, 6) is -0.485. The normalized spacial score (nSPS) is 23.5. The third kappa shape index (κ3) is 2.07. The van der Waals surface area contributed by atoms with Gasteiger partial charge in [-0.1, -0.05) is 12.1 Å². The lowest BCUT2D eigenvalue weighted by Crippen LogP contribution is -2.36. The SMILES string of the molecule is O=C(O)CC1CCCN1C1=NS(=O)(=O)c2ccccc21. The number of likely N-dealkylation sites (tertiary alicyclic amines) is 1. The van der Waals surface area contributed by atoms with E-state index >= 15 is 0 Å². The molecule has 6 nitrogen and oxygen atoms in total. The molecule has 2 aliphatic heterocycles. The van der Waals surface area contributed by atoms with Crippen LogP contribution in [-0.4, -0.2) is 42.8 Å². The lowest BCUT2D eigenvalue weighted by atomic mass is 10.1. The third-order valence-electron chi connectivity index (χ3n) is 3.67. The largest absolute Gasteiger partial charge is 0.481 e. The van der Waals surface area contributed by atoms with Crippen LogP contribution in [0.15, 0.2) is 33.6 Å². The highest BCUT2D eigenvalue weighted by Gasteiger charge is 2.36. The molecular formula is C13H14N2O4S. The number of benzene rings is 1. The smallest absolute Gasteiger partial charge is 0.305 e. The molecule has 1 unspecified atom stereocenters. The second-order valence-corrected chi connectivity index (χ2v) is 6.55. The molecule has 0 aliphatic carbocycles. The number of aliphatic carboxylic acids is 1. The van der Waals surface area contributed by atoms with Crippen LogP contribution in [0.25, 0.3) is 0 Å². The van der Waals surface area contributed by atoms with Crippen molar-refractivity contribution in [1.29, 1.82) is 0 Å². The van der Waals surface area contributed by atoms with E-state index in [1.807, 2.05) is 4.90 Å². The van der Waals surface area contributed by atoms with Gasteiger partial charge in [0.25, 0.3) is 10.0 Å². The first-order chi connectivity index (χ1) is 9.49. The average molecular weight is 294 g/mol. The molecule has 0 bridgehead atoms. The van der Waals surface area contributed by atoms with Gasteiger partial charge in [0.05, 0.1) is 6.42 Å². The number of rotatable bonds is 2. The van der Waals surface area contributed by atoms with E-state index in [4.69, 9.17) is 5.11 Å². The molecule has 0 aromatic heterocycles. The molecule has 0 radical (unpaired) electrons. The van der Waals surface area contributed by atoms with Crippen molar-refractivity contribution >= 4 is 21.8 Å². The maximum absolute atomic E-state index is 12.0. The zero-order chi connectivity index (χ0) is 14.3.